The van der Waals surface area contributed by atoms with Crippen molar-refractivity contribution >= 4 is 23.2 Å². The van der Waals surface area contributed by atoms with Gasteiger partial charge in [-0.3, -0.25) is 9.69 Å². The topological polar surface area (TPSA) is 41.6 Å². The Morgan fingerprint density at radius 1 is 1.60 bits per heavy atom. The van der Waals surface area contributed by atoms with Crippen molar-refractivity contribution in [3.8, 4) is 0 Å². The highest BCUT2D eigenvalue weighted by Gasteiger charge is 2.26. The Labute approximate surface area is 122 Å². The predicted molar refractivity (Wildman–Crippen MR) is 76.5 cm³/mol. The van der Waals surface area contributed by atoms with Gasteiger partial charge in [0, 0.05) is 18.2 Å². The highest BCUT2D eigenvalue weighted by Crippen LogP contribution is 2.20. The van der Waals surface area contributed by atoms with Crippen LogP contribution in [0, 0.1) is 5.82 Å². The lowest BCUT2D eigenvalue weighted by Gasteiger charge is -2.23. The molecule has 0 spiro atoms. The fraction of sp³-hybridized carbons (Fsp3) is 0.500. The van der Waals surface area contributed by atoms with E-state index >= 15 is 0 Å². The van der Waals surface area contributed by atoms with Crippen LogP contribution in [-0.2, 0) is 9.53 Å². The molecule has 0 aliphatic carbocycles. The molecule has 0 unspecified atom stereocenters. The van der Waals surface area contributed by atoms with Crippen LogP contribution in [-0.4, -0.2) is 43.7 Å². The van der Waals surface area contributed by atoms with Crippen molar-refractivity contribution in [3.05, 3.63) is 29.0 Å². The summed E-state index contributed by atoms with van der Waals surface area (Å²) in [6.07, 6.45) is 2.08. The van der Waals surface area contributed by atoms with E-state index in [0.717, 1.165) is 19.4 Å². The van der Waals surface area contributed by atoms with E-state index in [1.807, 2.05) is 0 Å². The smallest absolute Gasteiger partial charge is 0.238 e. The lowest BCUT2D eigenvalue weighted by molar-refractivity contribution is -0.117. The third-order valence-electron chi connectivity index (χ3n) is 3.41. The minimum absolute atomic E-state index is 0.155. The third kappa shape index (κ3) is 3.91. The summed E-state index contributed by atoms with van der Waals surface area (Å²) in [6, 6.07) is 4.46. The van der Waals surface area contributed by atoms with E-state index in [9.17, 15) is 9.18 Å². The molecule has 1 aliphatic heterocycles. The lowest BCUT2D eigenvalue weighted by Crippen LogP contribution is -2.39. The second-order valence-electron chi connectivity index (χ2n) is 4.89. The van der Waals surface area contributed by atoms with Crippen LogP contribution in [0.2, 0.25) is 5.02 Å². The molecule has 1 fully saturated rings. The summed E-state index contributed by atoms with van der Waals surface area (Å²) in [5.41, 5.74) is 0.155. The number of nitrogens with zero attached hydrogens (tertiary/aromatic N) is 1. The minimum Gasteiger partial charge on any atom is -0.383 e. The zero-order valence-corrected chi connectivity index (χ0v) is 12.1. The van der Waals surface area contributed by atoms with Gasteiger partial charge in [0.25, 0.3) is 0 Å². The molecule has 2 rings (SSSR count). The van der Waals surface area contributed by atoms with Gasteiger partial charge in [0.15, 0.2) is 0 Å². The maximum atomic E-state index is 13.6. The fourth-order valence-electron chi connectivity index (χ4n) is 2.45. The number of rotatable bonds is 5. The summed E-state index contributed by atoms with van der Waals surface area (Å²) in [5.74, 6) is -0.755. The Hall–Kier alpha value is -1.17. The largest absolute Gasteiger partial charge is 0.383 e. The van der Waals surface area contributed by atoms with E-state index in [4.69, 9.17) is 16.3 Å². The van der Waals surface area contributed by atoms with Gasteiger partial charge in [-0.05, 0) is 37.6 Å². The number of hydrogen-bond acceptors (Lipinski definition) is 3. The number of hydrogen-bond donors (Lipinski definition) is 1. The summed E-state index contributed by atoms with van der Waals surface area (Å²) >= 11 is 5.67. The molecule has 1 atom stereocenters. The van der Waals surface area contributed by atoms with Crippen molar-refractivity contribution in [2.75, 3.05) is 32.1 Å². The van der Waals surface area contributed by atoms with Gasteiger partial charge in [0.2, 0.25) is 5.91 Å². The first-order valence-electron chi connectivity index (χ1n) is 6.58. The molecule has 0 bridgehead atoms. The molecule has 1 heterocycles. The molecule has 1 N–H and O–H groups in total. The molecule has 1 saturated heterocycles. The molecule has 110 valence electrons. The number of carbonyl (C=O) groups is 1. The Bertz CT molecular complexity index is 484. The molecular formula is C14H18ClFN2O2. The van der Waals surface area contributed by atoms with Crippen LogP contribution in [0.5, 0.6) is 0 Å². The molecule has 1 aromatic carbocycles. The average molecular weight is 301 g/mol. The SMILES string of the molecule is COC[C@@H]1CCCN1CC(=O)Nc1ccc(Cl)cc1F. The van der Waals surface area contributed by atoms with Gasteiger partial charge in [-0.25, -0.2) is 4.39 Å². The van der Waals surface area contributed by atoms with Gasteiger partial charge in [0.1, 0.15) is 5.82 Å². The summed E-state index contributed by atoms with van der Waals surface area (Å²) in [5, 5.41) is 2.88. The molecule has 1 amide bonds. The third-order valence-corrected chi connectivity index (χ3v) is 3.65. The van der Waals surface area contributed by atoms with Crippen LogP contribution in [0.15, 0.2) is 18.2 Å². The van der Waals surface area contributed by atoms with Crippen LogP contribution in [0.1, 0.15) is 12.8 Å². The maximum Gasteiger partial charge on any atom is 0.238 e. The molecular weight excluding hydrogens is 283 g/mol. The van der Waals surface area contributed by atoms with Gasteiger partial charge in [-0.15, -0.1) is 0 Å². The monoisotopic (exact) mass is 300 g/mol. The lowest BCUT2D eigenvalue weighted by atomic mass is 10.2. The van der Waals surface area contributed by atoms with E-state index in [0.29, 0.717) is 11.6 Å². The number of methoxy groups -OCH3 is 1. The van der Waals surface area contributed by atoms with Crippen molar-refractivity contribution in [2.24, 2.45) is 0 Å². The number of carbonyl (C=O) groups excluding carboxylic acids is 1. The second-order valence-corrected chi connectivity index (χ2v) is 5.33. The number of nitrogens with one attached hydrogen (secondary N) is 1. The molecule has 6 heteroatoms. The zero-order chi connectivity index (χ0) is 14.5. The number of halogens is 2. The van der Waals surface area contributed by atoms with Crippen molar-refractivity contribution in [3.63, 3.8) is 0 Å². The molecule has 0 radical (unpaired) electrons. The van der Waals surface area contributed by atoms with Crippen molar-refractivity contribution in [1.29, 1.82) is 0 Å². The molecule has 0 saturated carbocycles. The number of ether oxygens (including phenoxy) is 1. The number of amides is 1. The van der Waals surface area contributed by atoms with Gasteiger partial charge in [0.05, 0.1) is 18.8 Å². The quantitative estimate of drug-likeness (QED) is 0.908. The van der Waals surface area contributed by atoms with Crippen LogP contribution >= 0.6 is 11.6 Å². The normalized spacial score (nSPS) is 19.2. The Balaban J connectivity index is 1.92. The van der Waals surface area contributed by atoms with E-state index in [2.05, 4.69) is 10.2 Å². The summed E-state index contributed by atoms with van der Waals surface area (Å²) < 4.78 is 18.7. The van der Waals surface area contributed by atoms with Crippen LogP contribution < -0.4 is 5.32 Å². The molecule has 1 aliphatic rings. The van der Waals surface area contributed by atoms with E-state index in [-0.39, 0.29) is 24.2 Å². The first-order chi connectivity index (χ1) is 9.60. The Kier molecular flexibility index (Phi) is 5.34. The van der Waals surface area contributed by atoms with Crippen molar-refractivity contribution < 1.29 is 13.9 Å². The van der Waals surface area contributed by atoms with Gasteiger partial charge in [-0.1, -0.05) is 11.6 Å². The second kappa shape index (κ2) is 7.02. The fourth-order valence-corrected chi connectivity index (χ4v) is 2.61. The van der Waals surface area contributed by atoms with Crippen LogP contribution in [0.25, 0.3) is 0 Å². The molecule has 20 heavy (non-hydrogen) atoms. The van der Waals surface area contributed by atoms with Crippen molar-refractivity contribution in [1.82, 2.24) is 4.90 Å². The summed E-state index contributed by atoms with van der Waals surface area (Å²) in [6.45, 7) is 1.73. The summed E-state index contributed by atoms with van der Waals surface area (Å²) in [4.78, 5) is 14.0. The zero-order valence-electron chi connectivity index (χ0n) is 11.4. The van der Waals surface area contributed by atoms with Crippen LogP contribution in [0.4, 0.5) is 10.1 Å². The molecule has 4 nitrogen and oxygen atoms in total. The average Bonchev–Trinajstić information content (AvgIpc) is 2.81. The van der Waals surface area contributed by atoms with Gasteiger partial charge < -0.3 is 10.1 Å². The van der Waals surface area contributed by atoms with E-state index < -0.39 is 5.82 Å². The predicted octanol–water partition coefficient (Wildman–Crippen LogP) is 2.53. The Morgan fingerprint density at radius 3 is 3.10 bits per heavy atom. The highest BCUT2D eigenvalue weighted by molar-refractivity contribution is 6.30. The number of benzene rings is 1. The number of anilines is 1. The highest BCUT2D eigenvalue weighted by atomic mass is 35.5. The van der Waals surface area contributed by atoms with Gasteiger partial charge >= 0.3 is 0 Å². The molecule has 1 aromatic rings. The molecule has 0 aromatic heterocycles. The van der Waals surface area contributed by atoms with Crippen molar-refractivity contribution in [2.45, 2.75) is 18.9 Å². The maximum absolute atomic E-state index is 13.6. The minimum atomic E-state index is -0.527. The standard InChI is InChI=1S/C14H18ClFN2O2/c1-20-9-11-3-2-6-18(11)8-14(19)17-13-5-4-10(15)7-12(13)16/h4-5,7,11H,2-3,6,8-9H2,1H3,(H,17,19)/t11-/m0/s1. The van der Waals surface area contributed by atoms with Gasteiger partial charge in [-0.2, -0.15) is 0 Å². The van der Waals surface area contributed by atoms with E-state index in [1.54, 1.807) is 13.2 Å². The van der Waals surface area contributed by atoms with E-state index in [1.165, 1.54) is 12.1 Å². The first kappa shape index (κ1) is 15.2. The first-order valence-corrected chi connectivity index (χ1v) is 6.96. The van der Waals surface area contributed by atoms with Crippen LogP contribution in [0.3, 0.4) is 0 Å². The Morgan fingerprint density at radius 2 is 2.40 bits per heavy atom. The number of likely N-dealkylation sites (tertiary alicyclic amines) is 1. The summed E-state index contributed by atoms with van der Waals surface area (Å²) in [7, 11) is 1.65.